The van der Waals surface area contributed by atoms with Crippen LogP contribution < -0.4 is 5.73 Å². The molecule has 4 heteroatoms. The summed E-state index contributed by atoms with van der Waals surface area (Å²) in [5, 5.41) is 14.8. The van der Waals surface area contributed by atoms with Gasteiger partial charge in [0, 0.05) is 23.6 Å². The van der Waals surface area contributed by atoms with Gasteiger partial charge in [0.25, 0.3) is 0 Å². The van der Waals surface area contributed by atoms with Crippen molar-refractivity contribution in [1.29, 1.82) is 0 Å². The number of hydrogen-bond acceptors (Lipinski definition) is 3. The molecule has 3 rings (SSSR count). The second-order valence-electron chi connectivity index (χ2n) is 5.23. The third-order valence-corrected chi connectivity index (χ3v) is 4.59. The molecule has 3 nitrogen and oxygen atoms in total. The molecule has 0 aliphatic rings. The Morgan fingerprint density at radius 2 is 1.91 bits per heavy atom. The van der Waals surface area contributed by atoms with Gasteiger partial charge < -0.3 is 10.9 Å². The lowest BCUT2D eigenvalue weighted by atomic mass is 10.1. The molecule has 3 aromatic rings. The monoisotopic (exact) mass is 322 g/mol. The van der Waals surface area contributed by atoms with Crippen molar-refractivity contribution in [3.05, 3.63) is 77.0 Å². The average molecular weight is 322 g/mol. The number of hydrogen-bond donors (Lipinski definition) is 1. The van der Waals surface area contributed by atoms with E-state index in [0.29, 0.717) is 12.2 Å². The van der Waals surface area contributed by atoms with Gasteiger partial charge in [-0.25, -0.2) is 0 Å². The summed E-state index contributed by atoms with van der Waals surface area (Å²) >= 11 is 1.64. The lowest BCUT2D eigenvalue weighted by Gasteiger charge is -2.09. The van der Waals surface area contributed by atoms with Crippen LogP contribution in [0.1, 0.15) is 11.1 Å². The predicted molar refractivity (Wildman–Crippen MR) is 98.5 cm³/mol. The lowest BCUT2D eigenvalue weighted by molar-refractivity contribution is -0.354. The summed E-state index contributed by atoms with van der Waals surface area (Å²) in [4.78, 5) is 1.08. The Morgan fingerprint density at radius 3 is 2.70 bits per heavy atom. The zero-order valence-corrected chi connectivity index (χ0v) is 13.7. The fourth-order valence-corrected chi connectivity index (χ4v) is 3.19. The van der Waals surface area contributed by atoms with E-state index in [2.05, 4.69) is 18.2 Å². The minimum Gasteiger partial charge on any atom is -0.618 e. The molecule has 0 radical (unpaired) electrons. The highest BCUT2D eigenvalue weighted by molar-refractivity contribution is 7.98. The van der Waals surface area contributed by atoms with E-state index in [4.69, 9.17) is 5.73 Å². The molecular formula is C19H18N2OS. The number of nitrogens with zero attached hydrogens (tertiary/aromatic N) is 1. The molecule has 0 spiro atoms. The van der Waals surface area contributed by atoms with Crippen LogP contribution in [0.5, 0.6) is 0 Å². The predicted octanol–water partition coefficient (Wildman–Crippen LogP) is 4.28. The van der Waals surface area contributed by atoms with E-state index in [9.17, 15) is 5.21 Å². The molecule has 0 saturated carbocycles. The van der Waals surface area contributed by atoms with Gasteiger partial charge >= 0.3 is 0 Å². The van der Waals surface area contributed by atoms with Gasteiger partial charge in [0.05, 0.1) is 5.56 Å². The molecule has 0 heterocycles. The Hall–Kier alpha value is -2.30. The number of nitrogens with two attached hydrogens (primary N) is 1. The lowest BCUT2D eigenvalue weighted by Crippen LogP contribution is -2.02. The van der Waals surface area contributed by atoms with Crippen molar-refractivity contribution >= 4 is 34.4 Å². The molecule has 0 bridgehead atoms. The smallest absolute Gasteiger partial charge is 0.216 e. The second kappa shape index (κ2) is 6.86. The van der Waals surface area contributed by atoms with E-state index >= 15 is 0 Å². The topological polar surface area (TPSA) is 52.1 Å². The van der Waals surface area contributed by atoms with Crippen LogP contribution >= 0.6 is 11.8 Å². The van der Waals surface area contributed by atoms with Crippen LogP contribution in [-0.2, 0) is 6.54 Å². The second-order valence-corrected chi connectivity index (χ2v) is 6.08. The van der Waals surface area contributed by atoms with Crippen molar-refractivity contribution in [3.63, 3.8) is 0 Å². The molecule has 23 heavy (non-hydrogen) atoms. The van der Waals surface area contributed by atoms with Crippen molar-refractivity contribution in [2.45, 2.75) is 11.4 Å². The Labute approximate surface area is 140 Å². The summed E-state index contributed by atoms with van der Waals surface area (Å²) in [5.74, 6) is 0. The highest BCUT2D eigenvalue weighted by atomic mass is 32.2. The minimum absolute atomic E-state index is 0.423. The molecular weight excluding hydrogens is 304 g/mol. The summed E-state index contributed by atoms with van der Waals surface area (Å²) in [6, 6.07) is 19.6. The van der Waals surface area contributed by atoms with E-state index in [1.165, 1.54) is 0 Å². The van der Waals surface area contributed by atoms with Crippen LogP contribution in [0.15, 0.2) is 65.6 Å². The highest BCUT2D eigenvalue weighted by Gasteiger charge is 2.10. The maximum Gasteiger partial charge on any atom is 0.216 e. The van der Waals surface area contributed by atoms with E-state index in [-0.39, 0.29) is 0 Å². The van der Waals surface area contributed by atoms with Crippen molar-refractivity contribution in [2.75, 3.05) is 6.26 Å². The maximum atomic E-state index is 12.6. The summed E-state index contributed by atoms with van der Waals surface area (Å²) < 4.78 is 0.917. The third-order valence-electron chi connectivity index (χ3n) is 3.80. The summed E-state index contributed by atoms with van der Waals surface area (Å²) in [5.41, 5.74) is 8.14. The fourth-order valence-electron chi connectivity index (χ4n) is 2.60. The summed E-state index contributed by atoms with van der Waals surface area (Å²) in [6.07, 6.45) is 3.68. The number of fused-ring (bicyclic) bond motifs is 1. The molecule has 0 atom stereocenters. The Balaban J connectivity index is 2.15. The van der Waals surface area contributed by atoms with Gasteiger partial charge in [0.2, 0.25) is 5.69 Å². The normalized spacial score (nSPS) is 11.8. The quantitative estimate of drug-likeness (QED) is 0.256. The van der Waals surface area contributed by atoms with Gasteiger partial charge in [-0.3, -0.25) is 0 Å². The summed E-state index contributed by atoms with van der Waals surface area (Å²) in [7, 11) is 0. The van der Waals surface area contributed by atoms with E-state index in [0.717, 1.165) is 31.5 Å². The van der Waals surface area contributed by atoms with E-state index in [1.54, 1.807) is 24.0 Å². The van der Waals surface area contributed by atoms with Gasteiger partial charge in [0.15, 0.2) is 6.21 Å². The molecule has 0 fully saturated rings. The van der Waals surface area contributed by atoms with Crippen LogP contribution in [0.3, 0.4) is 0 Å². The van der Waals surface area contributed by atoms with E-state index in [1.807, 2.05) is 42.7 Å². The molecule has 0 unspecified atom stereocenters. The van der Waals surface area contributed by atoms with Crippen molar-refractivity contribution in [3.8, 4) is 0 Å². The standard InChI is InChI=1S/C19H18N2OS/c1-23-19-10-9-15-6-2-3-8-17(15)18(19)13-21(22)16-7-4-5-14(11-16)12-20/h2-11,13H,12,20H2,1H3. The Morgan fingerprint density at radius 1 is 1.09 bits per heavy atom. The zero-order valence-electron chi connectivity index (χ0n) is 12.9. The van der Waals surface area contributed by atoms with E-state index < -0.39 is 0 Å². The van der Waals surface area contributed by atoms with Gasteiger partial charge in [-0.15, -0.1) is 11.8 Å². The van der Waals surface area contributed by atoms with Crippen LogP contribution in [0, 0.1) is 5.21 Å². The largest absolute Gasteiger partial charge is 0.618 e. The fraction of sp³-hybridized carbons (Fsp3) is 0.105. The third kappa shape index (κ3) is 3.23. The maximum absolute atomic E-state index is 12.6. The molecule has 0 aromatic heterocycles. The van der Waals surface area contributed by atoms with Crippen molar-refractivity contribution in [2.24, 2.45) is 5.73 Å². The minimum atomic E-state index is 0.423. The first-order valence-electron chi connectivity index (χ1n) is 7.39. The van der Waals surface area contributed by atoms with Crippen LogP contribution in [-0.4, -0.2) is 17.2 Å². The first-order valence-corrected chi connectivity index (χ1v) is 8.61. The van der Waals surface area contributed by atoms with Crippen LogP contribution in [0.2, 0.25) is 0 Å². The van der Waals surface area contributed by atoms with Crippen LogP contribution in [0.25, 0.3) is 10.8 Å². The molecule has 2 N–H and O–H groups in total. The molecule has 116 valence electrons. The van der Waals surface area contributed by atoms with Crippen LogP contribution in [0.4, 0.5) is 5.69 Å². The number of rotatable bonds is 4. The first kappa shape index (κ1) is 15.6. The number of thioether (sulfide) groups is 1. The molecule has 0 saturated heterocycles. The zero-order chi connectivity index (χ0) is 16.2. The SMILES string of the molecule is CSc1ccc2ccccc2c1C=[N+]([O-])c1cccc(CN)c1. The average Bonchev–Trinajstić information content (AvgIpc) is 2.62. The van der Waals surface area contributed by atoms with Gasteiger partial charge in [-0.1, -0.05) is 42.5 Å². The highest BCUT2D eigenvalue weighted by Crippen LogP contribution is 2.27. The first-order chi connectivity index (χ1) is 11.2. The summed E-state index contributed by atoms with van der Waals surface area (Å²) in [6.45, 7) is 0.423. The Bertz CT molecular complexity index is 874. The van der Waals surface area contributed by atoms with Crippen molar-refractivity contribution in [1.82, 2.24) is 0 Å². The molecule has 3 aromatic carbocycles. The molecule has 0 aliphatic carbocycles. The van der Waals surface area contributed by atoms with Gasteiger partial charge in [-0.05, 0) is 28.7 Å². The Kier molecular flexibility index (Phi) is 4.65. The van der Waals surface area contributed by atoms with Gasteiger partial charge in [-0.2, -0.15) is 4.74 Å². The van der Waals surface area contributed by atoms with Gasteiger partial charge in [0.1, 0.15) is 0 Å². The molecule has 0 amide bonds. The molecule has 0 aliphatic heterocycles. The van der Waals surface area contributed by atoms with Crippen molar-refractivity contribution < 1.29 is 4.74 Å². The number of benzene rings is 3.